The highest BCUT2D eigenvalue weighted by Gasteiger charge is 2.24. The third-order valence-corrected chi connectivity index (χ3v) is 5.39. The topological polar surface area (TPSA) is 81.0 Å². The molecule has 8 heteroatoms. The van der Waals surface area contributed by atoms with Crippen LogP contribution in [0.15, 0.2) is 47.1 Å². The number of esters is 1. The fourth-order valence-corrected chi connectivity index (χ4v) is 4.07. The largest absolute Gasteiger partial charge is 0.458 e. The summed E-state index contributed by atoms with van der Waals surface area (Å²) in [6.45, 7) is 0. The maximum absolute atomic E-state index is 12.6. The molecule has 0 amide bonds. The minimum absolute atomic E-state index is 0.176. The molecule has 0 bridgehead atoms. The van der Waals surface area contributed by atoms with E-state index in [1.807, 2.05) is 0 Å². The molecule has 1 aliphatic rings. The van der Waals surface area contributed by atoms with Crippen LogP contribution in [-0.4, -0.2) is 27.0 Å². The van der Waals surface area contributed by atoms with Crippen molar-refractivity contribution in [3.63, 3.8) is 0 Å². The van der Waals surface area contributed by atoms with Gasteiger partial charge in [-0.2, -0.15) is 0 Å². The molecule has 2 aromatic heterocycles. The zero-order valence-corrected chi connectivity index (χ0v) is 16.6. The van der Waals surface area contributed by atoms with Gasteiger partial charge in [0.25, 0.3) is 0 Å². The summed E-state index contributed by atoms with van der Waals surface area (Å²) in [6, 6.07) is 10.1. The monoisotopic (exact) mass is 427 g/mol. The summed E-state index contributed by atoms with van der Waals surface area (Å²) in [6.07, 6.45) is 3.70. The van der Waals surface area contributed by atoms with Crippen molar-refractivity contribution < 1.29 is 13.9 Å². The Hall–Kier alpha value is -2.83. The molecule has 0 radical (unpaired) electrons. The van der Waals surface area contributed by atoms with Crippen LogP contribution in [0.4, 0.5) is 0 Å². The van der Waals surface area contributed by atoms with Crippen LogP contribution < -0.4 is 0 Å². The summed E-state index contributed by atoms with van der Waals surface area (Å²) in [7, 11) is 0. The number of hydrogen-bond acceptors (Lipinski definition) is 5. The van der Waals surface area contributed by atoms with E-state index < -0.39 is 0 Å². The van der Waals surface area contributed by atoms with Crippen molar-refractivity contribution in [2.24, 2.45) is 0 Å². The van der Waals surface area contributed by atoms with Crippen LogP contribution in [-0.2, 0) is 17.6 Å². The van der Waals surface area contributed by atoms with Crippen molar-refractivity contribution in [3.05, 3.63) is 69.7 Å². The van der Waals surface area contributed by atoms with Gasteiger partial charge in [0.1, 0.15) is 11.6 Å². The molecule has 0 saturated heterocycles. The first-order chi connectivity index (χ1) is 14.0. The molecule has 5 rings (SSSR count). The third kappa shape index (κ3) is 3.61. The van der Waals surface area contributed by atoms with Gasteiger partial charge < -0.3 is 14.1 Å². The van der Waals surface area contributed by atoms with Crippen LogP contribution >= 0.6 is 23.2 Å². The Morgan fingerprint density at radius 3 is 2.83 bits per heavy atom. The van der Waals surface area contributed by atoms with E-state index in [1.165, 1.54) is 0 Å². The van der Waals surface area contributed by atoms with Gasteiger partial charge in [-0.15, -0.1) is 0 Å². The Labute approximate surface area is 175 Å². The van der Waals surface area contributed by atoms with Gasteiger partial charge in [0.15, 0.2) is 5.58 Å². The molecular formula is C21H15Cl2N3O3. The average Bonchev–Trinajstić information content (AvgIpc) is 3.32. The summed E-state index contributed by atoms with van der Waals surface area (Å²) in [5.41, 5.74) is 4.29. The summed E-state index contributed by atoms with van der Waals surface area (Å²) in [4.78, 5) is 24.5. The number of fused-ring (bicyclic) bond motifs is 2. The predicted octanol–water partition coefficient (Wildman–Crippen LogP) is 5.24. The molecular weight excluding hydrogens is 413 g/mol. The molecule has 2 aromatic carbocycles. The fourth-order valence-electron chi connectivity index (χ4n) is 3.54. The van der Waals surface area contributed by atoms with E-state index >= 15 is 0 Å². The number of rotatable bonds is 3. The Morgan fingerprint density at radius 1 is 1.17 bits per heavy atom. The standard InChI is InChI=1S/C21H15Cl2N3O3/c22-13-5-12(6-14(23)8-13)20-26-17-3-1-11(7-19(17)29-20)21(27)28-15-2-4-16-18(9-15)25-10-24-16/h1,3,5-8,10,15H,2,4,9H2,(H,24,25). The Kier molecular flexibility index (Phi) is 4.53. The van der Waals surface area contributed by atoms with Crippen LogP contribution in [0.25, 0.3) is 22.6 Å². The van der Waals surface area contributed by atoms with Crippen molar-refractivity contribution in [1.29, 1.82) is 0 Å². The maximum Gasteiger partial charge on any atom is 0.338 e. The van der Waals surface area contributed by atoms with Gasteiger partial charge in [0.05, 0.1) is 17.6 Å². The van der Waals surface area contributed by atoms with Crippen molar-refractivity contribution >= 4 is 40.3 Å². The lowest BCUT2D eigenvalue weighted by Crippen LogP contribution is -2.25. The summed E-state index contributed by atoms with van der Waals surface area (Å²) in [5, 5.41) is 0.985. The normalized spacial score (nSPS) is 16.0. The lowest BCUT2D eigenvalue weighted by molar-refractivity contribution is 0.0268. The highest BCUT2D eigenvalue weighted by Crippen LogP contribution is 2.30. The predicted molar refractivity (Wildman–Crippen MR) is 109 cm³/mol. The lowest BCUT2D eigenvalue weighted by atomic mass is 9.98. The Bertz CT molecular complexity index is 1210. The van der Waals surface area contributed by atoms with Crippen LogP contribution in [0.5, 0.6) is 0 Å². The number of nitrogens with one attached hydrogen (secondary N) is 1. The van der Waals surface area contributed by atoms with Gasteiger partial charge in [-0.25, -0.2) is 14.8 Å². The number of aryl methyl sites for hydroxylation is 1. The second-order valence-electron chi connectivity index (χ2n) is 6.96. The minimum Gasteiger partial charge on any atom is -0.458 e. The van der Waals surface area contributed by atoms with Crippen molar-refractivity contribution in [3.8, 4) is 11.5 Å². The second-order valence-corrected chi connectivity index (χ2v) is 7.83. The molecule has 0 saturated carbocycles. The van der Waals surface area contributed by atoms with E-state index in [2.05, 4.69) is 15.0 Å². The molecule has 1 aliphatic carbocycles. The molecule has 1 N–H and O–H groups in total. The van der Waals surface area contributed by atoms with Gasteiger partial charge in [-0.3, -0.25) is 0 Å². The molecule has 4 aromatic rings. The number of H-pyrrole nitrogens is 1. The number of nitrogens with zero attached hydrogens (tertiary/aromatic N) is 2. The Morgan fingerprint density at radius 2 is 2.00 bits per heavy atom. The number of benzene rings is 2. The Balaban J connectivity index is 1.37. The van der Waals surface area contributed by atoms with Gasteiger partial charge in [0, 0.05) is 27.7 Å². The highest BCUT2D eigenvalue weighted by atomic mass is 35.5. The first-order valence-electron chi connectivity index (χ1n) is 9.14. The quantitative estimate of drug-likeness (QED) is 0.452. The van der Waals surface area contributed by atoms with Crippen molar-refractivity contribution in [2.75, 3.05) is 0 Å². The van der Waals surface area contributed by atoms with E-state index in [1.54, 1.807) is 42.7 Å². The van der Waals surface area contributed by atoms with Crippen LogP contribution in [0.2, 0.25) is 10.0 Å². The van der Waals surface area contributed by atoms with Gasteiger partial charge >= 0.3 is 5.97 Å². The lowest BCUT2D eigenvalue weighted by Gasteiger charge is -2.21. The number of carbonyl (C=O) groups is 1. The second kappa shape index (κ2) is 7.21. The molecule has 1 unspecified atom stereocenters. The molecule has 29 heavy (non-hydrogen) atoms. The van der Waals surface area contributed by atoms with E-state index in [4.69, 9.17) is 32.4 Å². The third-order valence-electron chi connectivity index (χ3n) is 4.95. The van der Waals surface area contributed by atoms with Gasteiger partial charge in [-0.1, -0.05) is 23.2 Å². The van der Waals surface area contributed by atoms with E-state index in [9.17, 15) is 4.79 Å². The smallest absolute Gasteiger partial charge is 0.338 e. The summed E-state index contributed by atoms with van der Waals surface area (Å²) < 4.78 is 11.5. The molecule has 0 aliphatic heterocycles. The maximum atomic E-state index is 12.6. The van der Waals surface area contributed by atoms with Gasteiger partial charge in [0.2, 0.25) is 5.89 Å². The fraction of sp³-hybridized carbons (Fsp3) is 0.190. The van der Waals surface area contributed by atoms with E-state index in [-0.39, 0.29) is 12.1 Å². The molecule has 0 spiro atoms. The number of imidazole rings is 1. The zero-order chi connectivity index (χ0) is 20.0. The van der Waals surface area contributed by atoms with Crippen LogP contribution in [0.3, 0.4) is 0 Å². The molecule has 1 atom stereocenters. The molecule has 2 heterocycles. The number of hydrogen-bond donors (Lipinski definition) is 1. The SMILES string of the molecule is O=C(OC1CCc2nc[nH]c2C1)c1ccc2nc(-c3cc(Cl)cc(Cl)c3)oc2c1. The molecule has 0 fully saturated rings. The number of ether oxygens (including phenoxy) is 1. The summed E-state index contributed by atoms with van der Waals surface area (Å²) in [5.74, 6) is -0.00223. The van der Waals surface area contributed by atoms with Crippen LogP contribution in [0, 0.1) is 0 Å². The van der Waals surface area contributed by atoms with Crippen molar-refractivity contribution in [2.45, 2.75) is 25.4 Å². The molecule has 6 nitrogen and oxygen atoms in total. The number of oxazole rings is 1. The number of aromatic nitrogens is 3. The van der Waals surface area contributed by atoms with Crippen LogP contribution in [0.1, 0.15) is 28.2 Å². The first kappa shape index (κ1) is 18.2. The first-order valence-corrected chi connectivity index (χ1v) is 9.90. The van der Waals surface area contributed by atoms with Crippen molar-refractivity contribution in [1.82, 2.24) is 15.0 Å². The van der Waals surface area contributed by atoms with Gasteiger partial charge in [-0.05, 0) is 49.2 Å². The number of aromatic amines is 1. The molecule has 146 valence electrons. The summed E-state index contributed by atoms with van der Waals surface area (Å²) >= 11 is 12.1. The minimum atomic E-state index is -0.386. The highest BCUT2D eigenvalue weighted by molar-refractivity contribution is 6.35. The van der Waals surface area contributed by atoms with E-state index in [0.717, 1.165) is 24.2 Å². The number of halogens is 2. The zero-order valence-electron chi connectivity index (χ0n) is 15.1. The number of carbonyl (C=O) groups excluding carboxylic acids is 1. The van der Waals surface area contributed by atoms with E-state index in [0.29, 0.717) is 44.6 Å². The average molecular weight is 428 g/mol.